The van der Waals surface area contributed by atoms with Gasteiger partial charge in [0.05, 0.1) is 5.25 Å². The van der Waals surface area contributed by atoms with Crippen molar-refractivity contribution in [3.8, 4) is 0 Å². The Labute approximate surface area is 190 Å². The lowest BCUT2D eigenvalue weighted by Gasteiger charge is -2.34. The molecule has 0 bridgehead atoms. The van der Waals surface area contributed by atoms with Gasteiger partial charge in [0.1, 0.15) is 11.6 Å². The van der Waals surface area contributed by atoms with E-state index in [0.717, 1.165) is 23.4 Å². The zero-order valence-corrected chi connectivity index (χ0v) is 19.9. The fourth-order valence-electron chi connectivity index (χ4n) is 3.95. The molecular formula is C26H36F2N2S. The van der Waals surface area contributed by atoms with Crippen LogP contribution in [0.5, 0.6) is 0 Å². The number of piperidine rings is 1. The van der Waals surface area contributed by atoms with Crippen molar-refractivity contribution in [1.82, 2.24) is 10.2 Å². The second-order valence-corrected chi connectivity index (χ2v) is 10.9. The van der Waals surface area contributed by atoms with Gasteiger partial charge in [-0.3, -0.25) is 0 Å². The van der Waals surface area contributed by atoms with E-state index in [1.807, 2.05) is 36.0 Å². The second-order valence-electron chi connectivity index (χ2n) is 9.73. The third-order valence-corrected chi connectivity index (χ3v) is 7.25. The number of likely N-dealkylation sites (tertiary alicyclic amines) is 1. The summed E-state index contributed by atoms with van der Waals surface area (Å²) in [4.78, 5) is 2.59. The third-order valence-electron chi connectivity index (χ3n) is 5.93. The van der Waals surface area contributed by atoms with Crippen LogP contribution in [0.2, 0.25) is 0 Å². The zero-order chi connectivity index (χ0) is 22.3. The van der Waals surface area contributed by atoms with E-state index in [0.29, 0.717) is 11.5 Å². The van der Waals surface area contributed by atoms with Crippen molar-refractivity contribution in [1.29, 1.82) is 0 Å². The van der Waals surface area contributed by atoms with Gasteiger partial charge in [-0.15, -0.1) is 11.8 Å². The van der Waals surface area contributed by atoms with Crippen molar-refractivity contribution in [3.05, 3.63) is 71.3 Å². The molecule has 2 aromatic carbocycles. The lowest BCUT2D eigenvalue weighted by Crippen LogP contribution is -2.43. The van der Waals surface area contributed by atoms with Gasteiger partial charge in [-0.1, -0.05) is 45.0 Å². The topological polar surface area (TPSA) is 15.3 Å². The number of thioether (sulfide) groups is 1. The van der Waals surface area contributed by atoms with Crippen molar-refractivity contribution in [2.45, 2.75) is 51.3 Å². The Morgan fingerprint density at radius 3 is 1.94 bits per heavy atom. The predicted molar refractivity (Wildman–Crippen MR) is 129 cm³/mol. The van der Waals surface area contributed by atoms with Crippen molar-refractivity contribution < 1.29 is 8.78 Å². The Morgan fingerprint density at radius 2 is 1.45 bits per heavy atom. The van der Waals surface area contributed by atoms with Crippen LogP contribution in [-0.4, -0.2) is 42.9 Å². The SMILES string of the molecule is CC(C)(C)CCN1CCC(NCCSC(c2ccc(F)cc2)c2ccc(F)cc2)CC1. The van der Waals surface area contributed by atoms with Crippen LogP contribution in [0.15, 0.2) is 48.5 Å². The highest BCUT2D eigenvalue weighted by atomic mass is 32.2. The largest absolute Gasteiger partial charge is 0.313 e. The smallest absolute Gasteiger partial charge is 0.123 e. The molecule has 2 nitrogen and oxygen atoms in total. The molecule has 1 N–H and O–H groups in total. The summed E-state index contributed by atoms with van der Waals surface area (Å²) in [6.07, 6.45) is 3.65. The van der Waals surface area contributed by atoms with Crippen LogP contribution in [0, 0.1) is 17.0 Å². The molecule has 1 aliphatic heterocycles. The molecule has 1 saturated heterocycles. The molecule has 170 valence electrons. The van der Waals surface area contributed by atoms with Gasteiger partial charge in [-0.2, -0.15) is 0 Å². The minimum absolute atomic E-state index is 0.0715. The fourth-order valence-corrected chi connectivity index (χ4v) is 5.12. The molecule has 0 aliphatic carbocycles. The lowest BCUT2D eigenvalue weighted by molar-refractivity contribution is 0.175. The molecule has 1 heterocycles. The molecule has 3 rings (SSSR count). The van der Waals surface area contributed by atoms with Gasteiger partial charge < -0.3 is 10.2 Å². The van der Waals surface area contributed by atoms with Gasteiger partial charge in [0, 0.05) is 18.3 Å². The maximum atomic E-state index is 13.4. The summed E-state index contributed by atoms with van der Waals surface area (Å²) in [5.74, 6) is 0.480. The molecule has 2 aromatic rings. The minimum atomic E-state index is -0.234. The Hall–Kier alpha value is -1.43. The first-order valence-electron chi connectivity index (χ1n) is 11.4. The summed E-state index contributed by atoms with van der Waals surface area (Å²) in [6, 6.07) is 13.9. The predicted octanol–water partition coefficient (Wildman–Crippen LogP) is 6.28. The molecule has 0 atom stereocenters. The third kappa shape index (κ3) is 8.21. The first-order valence-corrected chi connectivity index (χ1v) is 12.4. The van der Waals surface area contributed by atoms with Crippen molar-refractivity contribution in [2.75, 3.05) is 31.9 Å². The quantitative estimate of drug-likeness (QED) is 0.457. The van der Waals surface area contributed by atoms with E-state index in [2.05, 4.69) is 31.0 Å². The number of halogens is 2. The number of benzene rings is 2. The average Bonchev–Trinajstić information content (AvgIpc) is 2.74. The summed E-state index contributed by atoms with van der Waals surface area (Å²) in [5.41, 5.74) is 2.49. The highest BCUT2D eigenvalue weighted by Crippen LogP contribution is 2.35. The minimum Gasteiger partial charge on any atom is -0.313 e. The number of nitrogens with zero attached hydrogens (tertiary/aromatic N) is 1. The summed E-state index contributed by atoms with van der Waals surface area (Å²) >= 11 is 1.82. The van der Waals surface area contributed by atoms with Gasteiger partial charge in [0.15, 0.2) is 0 Å². The van der Waals surface area contributed by atoms with Gasteiger partial charge >= 0.3 is 0 Å². The van der Waals surface area contributed by atoms with Gasteiger partial charge in [-0.05, 0) is 79.7 Å². The number of nitrogens with one attached hydrogen (secondary N) is 1. The molecule has 1 fully saturated rings. The number of hydrogen-bond donors (Lipinski definition) is 1. The highest BCUT2D eigenvalue weighted by Gasteiger charge is 2.21. The first-order chi connectivity index (χ1) is 14.8. The van der Waals surface area contributed by atoms with E-state index in [-0.39, 0.29) is 16.9 Å². The summed E-state index contributed by atoms with van der Waals surface area (Å²) < 4.78 is 26.8. The lowest BCUT2D eigenvalue weighted by atomic mass is 9.91. The average molecular weight is 447 g/mol. The van der Waals surface area contributed by atoms with E-state index in [1.54, 1.807) is 0 Å². The maximum absolute atomic E-state index is 13.4. The van der Waals surface area contributed by atoms with Crippen LogP contribution in [-0.2, 0) is 0 Å². The van der Waals surface area contributed by atoms with E-state index in [9.17, 15) is 8.78 Å². The highest BCUT2D eigenvalue weighted by molar-refractivity contribution is 7.99. The monoisotopic (exact) mass is 446 g/mol. The van der Waals surface area contributed by atoms with Crippen molar-refractivity contribution >= 4 is 11.8 Å². The molecule has 1 aliphatic rings. The van der Waals surface area contributed by atoms with Gasteiger partial charge in [0.25, 0.3) is 0 Å². The normalized spacial score (nSPS) is 16.2. The maximum Gasteiger partial charge on any atom is 0.123 e. The van der Waals surface area contributed by atoms with E-state index >= 15 is 0 Å². The van der Waals surface area contributed by atoms with Gasteiger partial charge in [-0.25, -0.2) is 8.78 Å². The molecule has 0 aromatic heterocycles. The molecule has 0 unspecified atom stereocenters. The fraction of sp³-hybridized carbons (Fsp3) is 0.538. The molecule has 0 spiro atoms. The summed E-state index contributed by atoms with van der Waals surface area (Å²) in [7, 11) is 0. The standard InChI is InChI=1S/C26H36F2N2S/c1-26(2,3)14-18-30-16-12-24(13-17-30)29-15-19-31-25(20-4-8-22(27)9-5-20)21-6-10-23(28)11-7-21/h4-11,24-25,29H,12-19H2,1-3H3. The molecule has 0 amide bonds. The molecule has 5 heteroatoms. The Balaban J connectivity index is 1.46. The second kappa shape index (κ2) is 11.4. The van der Waals surface area contributed by atoms with Crippen LogP contribution in [0.3, 0.4) is 0 Å². The Kier molecular flexibility index (Phi) is 8.94. The van der Waals surface area contributed by atoms with Crippen molar-refractivity contribution in [3.63, 3.8) is 0 Å². The summed E-state index contributed by atoms with van der Waals surface area (Å²) in [5, 5.41) is 3.80. The van der Waals surface area contributed by atoms with Crippen molar-refractivity contribution in [2.24, 2.45) is 5.41 Å². The number of rotatable bonds is 9. The number of hydrogen-bond acceptors (Lipinski definition) is 3. The molecule has 31 heavy (non-hydrogen) atoms. The van der Waals surface area contributed by atoms with E-state index < -0.39 is 0 Å². The van der Waals surface area contributed by atoms with Crippen LogP contribution >= 0.6 is 11.8 Å². The van der Waals surface area contributed by atoms with E-state index in [4.69, 9.17) is 0 Å². The molecule has 0 radical (unpaired) electrons. The van der Waals surface area contributed by atoms with Crippen LogP contribution in [0.1, 0.15) is 56.4 Å². The first kappa shape index (κ1) is 24.2. The van der Waals surface area contributed by atoms with E-state index in [1.165, 1.54) is 63.2 Å². The molecule has 0 saturated carbocycles. The van der Waals surface area contributed by atoms with Crippen LogP contribution < -0.4 is 5.32 Å². The van der Waals surface area contributed by atoms with Crippen LogP contribution in [0.25, 0.3) is 0 Å². The molecular weight excluding hydrogens is 410 g/mol. The zero-order valence-electron chi connectivity index (χ0n) is 19.0. The van der Waals surface area contributed by atoms with Crippen LogP contribution in [0.4, 0.5) is 8.78 Å². The summed E-state index contributed by atoms with van der Waals surface area (Å²) in [6.45, 7) is 11.4. The van der Waals surface area contributed by atoms with Gasteiger partial charge in [0.2, 0.25) is 0 Å². The Bertz CT molecular complexity index is 733. The Morgan fingerprint density at radius 1 is 0.935 bits per heavy atom.